The van der Waals surface area contributed by atoms with Crippen molar-refractivity contribution in [2.75, 3.05) is 19.6 Å². The average molecular weight is 282 g/mol. The van der Waals surface area contributed by atoms with Crippen LogP contribution in [0.1, 0.15) is 25.0 Å². The van der Waals surface area contributed by atoms with Gasteiger partial charge in [0.1, 0.15) is 0 Å². The quantitative estimate of drug-likeness (QED) is 0.839. The zero-order chi connectivity index (χ0) is 15.1. The number of nitrogens with zero attached hydrogens (tertiary/aromatic N) is 1. The molecule has 112 valence electrons. The van der Waals surface area contributed by atoms with Crippen LogP contribution < -0.4 is 5.73 Å². The second-order valence-electron chi connectivity index (χ2n) is 5.40. The van der Waals surface area contributed by atoms with Crippen LogP contribution in [0.15, 0.2) is 48.5 Å². The molecule has 0 amide bonds. The van der Waals surface area contributed by atoms with E-state index in [0.29, 0.717) is 6.54 Å². The van der Waals surface area contributed by atoms with Crippen molar-refractivity contribution < 1.29 is 0 Å². The molecule has 0 aliphatic rings. The van der Waals surface area contributed by atoms with Crippen LogP contribution in [-0.4, -0.2) is 24.5 Å². The van der Waals surface area contributed by atoms with Gasteiger partial charge in [-0.25, -0.2) is 0 Å². The standard InChI is InChI=1S/C19H26N2/c1-3-21(4-2)15-17-8-6-10-19(14-17)18-9-5-7-16(13-18)11-12-20/h5-10,13-14H,3-4,11-12,15,20H2,1-2H3. The summed E-state index contributed by atoms with van der Waals surface area (Å²) in [6.07, 6.45) is 0.937. The van der Waals surface area contributed by atoms with Gasteiger partial charge in [0, 0.05) is 6.54 Å². The molecule has 0 unspecified atom stereocenters. The lowest BCUT2D eigenvalue weighted by molar-refractivity contribution is 0.296. The van der Waals surface area contributed by atoms with Crippen LogP contribution in [-0.2, 0) is 13.0 Å². The van der Waals surface area contributed by atoms with E-state index >= 15 is 0 Å². The summed E-state index contributed by atoms with van der Waals surface area (Å²) in [4.78, 5) is 2.43. The van der Waals surface area contributed by atoms with Crippen LogP contribution in [0.5, 0.6) is 0 Å². The molecule has 0 radical (unpaired) electrons. The van der Waals surface area contributed by atoms with E-state index < -0.39 is 0 Å². The lowest BCUT2D eigenvalue weighted by atomic mass is 10.00. The highest BCUT2D eigenvalue weighted by Gasteiger charge is 2.04. The van der Waals surface area contributed by atoms with Gasteiger partial charge in [-0.3, -0.25) is 4.90 Å². The molecule has 0 aliphatic heterocycles. The third kappa shape index (κ3) is 4.42. The Hall–Kier alpha value is -1.64. The van der Waals surface area contributed by atoms with E-state index in [-0.39, 0.29) is 0 Å². The molecular formula is C19H26N2. The fourth-order valence-corrected chi connectivity index (χ4v) is 2.63. The summed E-state index contributed by atoms with van der Waals surface area (Å²) in [6, 6.07) is 17.6. The predicted octanol–water partition coefficient (Wildman–Crippen LogP) is 3.70. The van der Waals surface area contributed by atoms with Gasteiger partial charge in [0.25, 0.3) is 0 Å². The smallest absolute Gasteiger partial charge is 0.0233 e. The molecule has 2 nitrogen and oxygen atoms in total. The van der Waals surface area contributed by atoms with Gasteiger partial charge in [0.2, 0.25) is 0 Å². The minimum Gasteiger partial charge on any atom is -0.330 e. The van der Waals surface area contributed by atoms with Gasteiger partial charge in [-0.2, -0.15) is 0 Å². The van der Waals surface area contributed by atoms with E-state index in [1.54, 1.807) is 0 Å². The summed E-state index contributed by atoms with van der Waals surface area (Å²) < 4.78 is 0. The summed E-state index contributed by atoms with van der Waals surface area (Å²) in [5.41, 5.74) is 10.9. The van der Waals surface area contributed by atoms with Crippen molar-refractivity contribution >= 4 is 0 Å². The third-order valence-corrected chi connectivity index (χ3v) is 3.92. The van der Waals surface area contributed by atoms with Crippen LogP contribution in [0.2, 0.25) is 0 Å². The highest BCUT2D eigenvalue weighted by atomic mass is 15.1. The first-order chi connectivity index (χ1) is 10.3. The van der Waals surface area contributed by atoms with E-state index in [0.717, 1.165) is 26.1 Å². The summed E-state index contributed by atoms with van der Waals surface area (Å²) in [5, 5.41) is 0. The topological polar surface area (TPSA) is 29.3 Å². The first kappa shape index (κ1) is 15.7. The Morgan fingerprint density at radius 2 is 1.43 bits per heavy atom. The minimum absolute atomic E-state index is 0.700. The highest BCUT2D eigenvalue weighted by Crippen LogP contribution is 2.22. The Bertz CT molecular complexity index is 559. The molecule has 2 heteroatoms. The Labute approximate surface area is 128 Å². The van der Waals surface area contributed by atoms with E-state index in [1.165, 1.54) is 22.3 Å². The maximum atomic E-state index is 5.65. The van der Waals surface area contributed by atoms with E-state index in [2.05, 4.69) is 67.3 Å². The lowest BCUT2D eigenvalue weighted by Gasteiger charge is -2.18. The Morgan fingerprint density at radius 3 is 2.00 bits per heavy atom. The highest BCUT2D eigenvalue weighted by molar-refractivity contribution is 5.65. The van der Waals surface area contributed by atoms with E-state index in [9.17, 15) is 0 Å². The van der Waals surface area contributed by atoms with Crippen molar-refractivity contribution in [2.24, 2.45) is 5.73 Å². The maximum absolute atomic E-state index is 5.65. The summed E-state index contributed by atoms with van der Waals surface area (Å²) in [7, 11) is 0. The predicted molar refractivity (Wildman–Crippen MR) is 91.3 cm³/mol. The minimum atomic E-state index is 0.700. The number of nitrogens with two attached hydrogens (primary N) is 1. The van der Waals surface area contributed by atoms with Crippen molar-refractivity contribution in [3.8, 4) is 11.1 Å². The first-order valence-electron chi connectivity index (χ1n) is 7.87. The molecule has 0 heterocycles. The van der Waals surface area contributed by atoms with Crippen LogP contribution in [0.3, 0.4) is 0 Å². The Morgan fingerprint density at radius 1 is 0.857 bits per heavy atom. The molecule has 21 heavy (non-hydrogen) atoms. The van der Waals surface area contributed by atoms with E-state index in [4.69, 9.17) is 5.73 Å². The monoisotopic (exact) mass is 282 g/mol. The largest absolute Gasteiger partial charge is 0.330 e. The lowest BCUT2D eigenvalue weighted by Crippen LogP contribution is -2.22. The van der Waals surface area contributed by atoms with Gasteiger partial charge in [-0.05, 0) is 54.4 Å². The fourth-order valence-electron chi connectivity index (χ4n) is 2.63. The van der Waals surface area contributed by atoms with Crippen molar-refractivity contribution in [1.29, 1.82) is 0 Å². The number of hydrogen-bond acceptors (Lipinski definition) is 2. The first-order valence-corrected chi connectivity index (χ1v) is 7.87. The van der Waals surface area contributed by atoms with Crippen molar-refractivity contribution in [1.82, 2.24) is 4.90 Å². The second-order valence-corrected chi connectivity index (χ2v) is 5.40. The van der Waals surface area contributed by atoms with Crippen LogP contribution in [0.25, 0.3) is 11.1 Å². The molecule has 0 fully saturated rings. The molecule has 2 rings (SSSR count). The molecule has 0 aliphatic carbocycles. The zero-order valence-corrected chi connectivity index (χ0v) is 13.2. The van der Waals surface area contributed by atoms with Gasteiger partial charge in [0.05, 0.1) is 0 Å². The molecule has 2 N–H and O–H groups in total. The molecule has 2 aromatic carbocycles. The van der Waals surface area contributed by atoms with Crippen molar-refractivity contribution in [3.63, 3.8) is 0 Å². The average Bonchev–Trinajstić information content (AvgIpc) is 2.53. The van der Waals surface area contributed by atoms with Gasteiger partial charge in [0.15, 0.2) is 0 Å². The number of hydrogen-bond donors (Lipinski definition) is 1. The molecule has 0 aromatic heterocycles. The van der Waals surface area contributed by atoms with Crippen molar-refractivity contribution in [2.45, 2.75) is 26.8 Å². The maximum Gasteiger partial charge on any atom is 0.0233 e. The van der Waals surface area contributed by atoms with E-state index in [1.807, 2.05) is 0 Å². The Kier molecular flexibility index (Phi) is 5.97. The van der Waals surface area contributed by atoms with Crippen molar-refractivity contribution in [3.05, 3.63) is 59.7 Å². The molecule has 0 spiro atoms. The fraction of sp³-hybridized carbons (Fsp3) is 0.368. The van der Waals surface area contributed by atoms with Gasteiger partial charge >= 0.3 is 0 Å². The summed E-state index contributed by atoms with van der Waals surface area (Å²) in [6.45, 7) is 8.32. The summed E-state index contributed by atoms with van der Waals surface area (Å²) in [5.74, 6) is 0. The number of rotatable bonds is 7. The Balaban J connectivity index is 2.22. The molecule has 0 saturated carbocycles. The molecule has 0 bridgehead atoms. The van der Waals surface area contributed by atoms with Gasteiger partial charge in [-0.1, -0.05) is 56.3 Å². The molecular weight excluding hydrogens is 256 g/mol. The third-order valence-electron chi connectivity index (χ3n) is 3.92. The number of benzene rings is 2. The second kappa shape index (κ2) is 7.96. The molecule has 2 aromatic rings. The normalized spacial score (nSPS) is 11.0. The van der Waals surface area contributed by atoms with Crippen LogP contribution in [0, 0.1) is 0 Å². The van der Waals surface area contributed by atoms with Crippen LogP contribution in [0.4, 0.5) is 0 Å². The van der Waals surface area contributed by atoms with Gasteiger partial charge < -0.3 is 5.73 Å². The zero-order valence-electron chi connectivity index (χ0n) is 13.2. The van der Waals surface area contributed by atoms with Gasteiger partial charge in [-0.15, -0.1) is 0 Å². The molecule has 0 saturated heterocycles. The summed E-state index contributed by atoms with van der Waals surface area (Å²) >= 11 is 0. The SMILES string of the molecule is CCN(CC)Cc1cccc(-c2cccc(CCN)c2)c1. The molecule has 0 atom stereocenters. The van der Waals surface area contributed by atoms with Crippen LogP contribution >= 0.6 is 0 Å².